The van der Waals surface area contributed by atoms with Crippen LogP contribution in [-0.4, -0.2) is 183 Å². The van der Waals surface area contributed by atoms with Gasteiger partial charge in [-0.1, -0.05) is 26.0 Å². The molecule has 0 unspecified atom stereocenters. The van der Waals surface area contributed by atoms with E-state index in [1.807, 2.05) is 0 Å². The highest BCUT2D eigenvalue weighted by atomic mass is 16.4. The molecule has 428 valence electrons. The van der Waals surface area contributed by atoms with Crippen molar-refractivity contribution in [2.75, 3.05) is 26.2 Å². The van der Waals surface area contributed by atoms with E-state index in [1.165, 1.54) is 38.1 Å². The Morgan fingerprint density at radius 1 is 0.701 bits per heavy atom. The number of carbonyl (C=O) groups excluding carboxylic acids is 10. The lowest BCUT2D eigenvalue weighted by Gasteiger charge is -2.31. The van der Waals surface area contributed by atoms with Crippen LogP contribution in [0.2, 0.25) is 0 Å². The second-order valence-corrected chi connectivity index (χ2v) is 19.6. The molecule has 2 aliphatic heterocycles. The predicted octanol–water partition coefficient (Wildman–Crippen LogP) is -4.41. The number of phenols is 1. The summed E-state index contributed by atoms with van der Waals surface area (Å²) < 4.78 is 0. The predicted molar refractivity (Wildman–Crippen MR) is 272 cm³/mol. The van der Waals surface area contributed by atoms with Gasteiger partial charge < -0.3 is 84.6 Å². The molecule has 10 atom stereocenters. The fraction of sp³-hybridized carbons (Fsp3) is 0.633. The number of aliphatic hydroxyl groups is 1. The second kappa shape index (κ2) is 31.6. The van der Waals surface area contributed by atoms with E-state index in [2.05, 4.69) is 47.9 Å². The van der Waals surface area contributed by atoms with Gasteiger partial charge in [-0.25, -0.2) is 4.79 Å². The Morgan fingerprint density at radius 2 is 1.31 bits per heavy atom. The third-order valence-electron chi connectivity index (χ3n) is 12.7. The normalized spacial score (nSPS) is 18.1. The average Bonchev–Trinajstić information content (AvgIpc) is 4.09. The van der Waals surface area contributed by atoms with Crippen LogP contribution in [0.25, 0.3) is 0 Å². The number of carboxylic acids is 2. The molecule has 0 radical (unpaired) electrons. The summed E-state index contributed by atoms with van der Waals surface area (Å²) in [6.45, 7) is 6.19. The zero-order valence-corrected chi connectivity index (χ0v) is 43.8. The average molecular weight is 1090 g/mol. The molecule has 10 amide bonds. The number of amides is 10. The molecule has 1 aromatic carbocycles. The first-order valence-corrected chi connectivity index (χ1v) is 25.6. The van der Waals surface area contributed by atoms with E-state index in [9.17, 15) is 78.0 Å². The molecule has 77 heavy (non-hydrogen) atoms. The molecule has 0 aromatic heterocycles. The first-order valence-electron chi connectivity index (χ1n) is 25.6. The minimum atomic E-state index is -1.84. The van der Waals surface area contributed by atoms with Crippen molar-refractivity contribution in [1.29, 1.82) is 0 Å². The van der Waals surface area contributed by atoms with E-state index in [1.54, 1.807) is 13.8 Å². The molecule has 0 spiro atoms. The molecular weight excluding hydrogens is 1010 g/mol. The quantitative estimate of drug-likeness (QED) is 0.0303. The number of nitrogens with one attached hydrogen (secondary N) is 9. The van der Waals surface area contributed by atoms with Crippen molar-refractivity contribution in [2.45, 2.75) is 165 Å². The maximum Gasteiger partial charge on any atom is 0.326 e. The van der Waals surface area contributed by atoms with Gasteiger partial charge in [-0.05, 0) is 108 Å². The number of aliphatic hydroxyl groups excluding tert-OH is 1. The summed E-state index contributed by atoms with van der Waals surface area (Å²) in [7, 11) is 0. The molecule has 0 saturated carbocycles. The summed E-state index contributed by atoms with van der Waals surface area (Å²) in [5.74, 6) is -11.7. The molecule has 2 saturated heterocycles. The topological polar surface area (TPSA) is 449 Å². The van der Waals surface area contributed by atoms with E-state index >= 15 is 0 Å². The van der Waals surface area contributed by atoms with Crippen molar-refractivity contribution < 1.29 is 78.0 Å². The number of likely N-dealkylation sites (tertiary alicyclic amines) is 1. The van der Waals surface area contributed by atoms with Gasteiger partial charge >= 0.3 is 11.9 Å². The fourth-order valence-electron chi connectivity index (χ4n) is 8.53. The molecule has 2 fully saturated rings. The lowest BCUT2D eigenvalue weighted by molar-refractivity contribution is -0.147. The van der Waals surface area contributed by atoms with Gasteiger partial charge in [-0.15, -0.1) is 0 Å². The zero-order chi connectivity index (χ0) is 57.5. The smallest absolute Gasteiger partial charge is 0.326 e. The number of carboxylic acid groups (broad SMARTS) is 2. The third-order valence-corrected chi connectivity index (χ3v) is 12.7. The van der Waals surface area contributed by atoms with Crippen LogP contribution >= 0.6 is 0 Å². The van der Waals surface area contributed by atoms with E-state index in [0.29, 0.717) is 31.4 Å². The number of benzene rings is 1. The minimum absolute atomic E-state index is 0.0155. The lowest BCUT2D eigenvalue weighted by Crippen LogP contribution is -2.60. The maximum absolute atomic E-state index is 14.1. The number of hydrogen-bond donors (Lipinski definition) is 15. The van der Waals surface area contributed by atoms with Crippen LogP contribution in [-0.2, 0) is 64.0 Å². The number of nitrogens with two attached hydrogens (primary N) is 2. The van der Waals surface area contributed by atoms with Crippen LogP contribution in [0, 0.1) is 5.92 Å². The molecule has 3 rings (SSSR count). The van der Waals surface area contributed by atoms with Gasteiger partial charge in [0.05, 0.1) is 25.1 Å². The molecule has 28 heteroatoms. The van der Waals surface area contributed by atoms with E-state index in [0.717, 1.165) is 11.3 Å². The molecule has 0 bridgehead atoms. The maximum atomic E-state index is 14.1. The molecule has 2 aliphatic rings. The van der Waals surface area contributed by atoms with Crippen molar-refractivity contribution in [3.05, 3.63) is 29.8 Å². The van der Waals surface area contributed by atoms with Crippen LogP contribution in [0.15, 0.2) is 24.3 Å². The van der Waals surface area contributed by atoms with Crippen LogP contribution < -0.4 is 59.3 Å². The van der Waals surface area contributed by atoms with E-state index in [-0.39, 0.29) is 69.7 Å². The molecule has 28 nitrogen and oxygen atoms in total. The van der Waals surface area contributed by atoms with Crippen LogP contribution in [0.5, 0.6) is 5.75 Å². The van der Waals surface area contributed by atoms with Crippen LogP contribution in [0.1, 0.15) is 104 Å². The molecular formula is C49H76N12O16. The number of carbonyl (C=O) groups is 12. The first kappa shape index (κ1) is 63.8. The largest absolute Gasteiger partial charge is 0.508 e. The number of aliphatic carboxylic acids is 2. The van der Waals surface area contributed by atoms with E-state index < -0.39 is 144 Å². The number of rotatable bonds is 32. The van der Waals surface area contributed by atoms with Crippen molar-refractivity contribution in [3.8, 4) is 5.75 Å². The Labute approximate surface area is 445 Å². The number of unbranched alkanes of at least 4 members (excludes halogenated alkanes) is 1. The van der Waals surface area contributed by atoms with Gasteiger partial charge in [0.2, 0.25) is 59.1 Å². The van der Waals surface area contributed by atoms with Gasteiger partial charge in [-0.2, -0.15) is 0 Å². The second-order valence-electron chi connectivity index (χ2n) is 19.6. The van der Waals surface area contributed by atoms with E-state index in [4.69, 9.17) is 11.5 Å². The summed E-state index contributed by atoms with van der Waals surface area (Å²) in [5, 5.41) is 62.0. The Hall–Kier alpha value is -7.46. The first-order chi connectivity index (χ1) is 36.3. The highest BCUT2D eigenvalue weighted by Crippen LogP contribution is 2.20. The monoisotopic (exact) mass is 1090 g/mol. The van der Waals surface area contributed by atoms with Crippen LogP contribution in [0.4, 0.5) is 0 Å². The van der Waals surface area contributed by atoms with Gasteiger partial charge in [0.15, 0.2) is 0 Å². The van der Waals surface area contributed by atoms with Gasteiger partial charge in [0.25, 0.3) is 0 Å². The standard InChI is InChI=1S/C49H76N12O16/c1-25(2)21-33(45(72)58-34(22-28-12-14-29(63)15-13-28)46(73)55-31(9-5-6-18-50)44(71)59-35(49(76)77)23-39(66)67)57-41(68)26(3)54-47(74)36-11-8-20-61(36)48(75)40(27(4)62)60-38(65)24-53-42(69)32(16-17-37(51)64)56-43(70)30-10-7-19-52-30/h12-15,25-27,30-36,40,52,62-63H,5-11,16-24,50H2,1-4H3,(H2,51,64)(H,53,69)(H,54,74)(H,55,73)(H,56,70)(H,57,68)(H,58,72)(H,59,71)(H,60,65)(H,66,67)(H,76,77)/t26-,27+,30-,31-,32-,33-,34-,35-,36-,40-/m0/s1. The van der Waals surface area contributed by atoms with Crippen molar-refractivity contribution in [1.82, 2.24) is 52.8 Å². The number of phenolic OH excluding ortho intramolecular Hbond substituents is 1. The summed E-state index contributed by atoms with van der Waals surface area (Å²) in [5.41, 5.74) is 11.3. The van der Waals surface area contributed by atoms with Crippen molar-refractivity contribution in [3.63, 3.8) is 0 Å². The Kier molecular flexibility index (Phi) is 26.2. The highest BCUT2D eigenvalue weighted by Gasteiger charge is 2.41. The summed E-state index contributed by atoms with van der Waals surface area (Å²) >= 11 is 0. The van der Waals surface area contributed by atoms with Gasteiger partial charge in [-0.3, -0.25) is 52.7 Å². The Morgan fingerprint density at radius 3 is 1.90 bits per heavy atom. The summed E-state index contributed by atoms with van der Waals surface area (Å²) in [4.78, 5) is 158. The number of aromatic hydroxyl groups is 1. The van der Waals surface area contributed by atoms with Crippen molar-refractivity contribution >= 4 is 71.0 Å². The Balaban J connectivity index is 1.73. The summed E-state index contributed by atoms with van der Waals surface area (Å²) in [6.07, 6.45) is -0.722. The SMILES string of the molecule is CC(C)C[C@H](NC(=O)[C@H](C)NC(=O)[C@@H]1CCCN1C(=O)[C@@H](NC(=O)CNC(=O)[C@H](CCC(N)=O)NC(=O)[C@@H]1CCCN1)[C@@H](C)O)C(=O)N[C@@H](Cc1ccc(O)cc1)C(=O)N[C@@H](CCCCN)C(=O)N[C@@H](CC(=O)O)C(=O)O. The number of primary amides is 1. The molecule has 2 heterocycles. The third kappa shape index (κ3) is 21.6. The number of nitrogens with zero attached hydrogens (tertiary/aromatic N) is 1. The Bertz CT molecular complexity index is 2260. The summed E-state index contributed by atoms with van der Waals surface area (Å²) in [6, 6.07) is -6.29. The fourth-order valence-corrected chi connectivity index (χ4v) is 8.53. The van der Waals surface area contributed by atoms with Gasteiger partial charge in [0, 0.05) is 19.4 Å². The molecule has 17 N–H and O–H groups in total. The molecule has 0 aliphatic carbocycles. The van der Waals surface area contributed by atoms with Gasteiger partial charge in [0.1, 0.15) is 54.1 Å². The zero-order valence-electron chi connectivity index (χ0n) is 43.8. The minimum Gasteiger partial charge on any atom is -0.508 e. The van der Waals surface area contributed by atoms with Crippen molar-refractivity contribution in [2.24, 2.45) is 17.4 Å². The number of hydrogen-bond acceptors (Lipinski definition) is 16. The molecule has 1 aromatic rings. The lowest BCUT2D eigenvalue weighted by atomic mass is 10.00. The van der Waals surface area contributed by atoms with Crippen LogP contribution in [0.3, 0.4) is 0 Å². The highest BCUT2D eigenvalue weighted by molar-refractivity contribution is 5.98.